The van der Waals surface area contributed by atoms with Crippen molar-refractivity contribution in [2.24, 2.45) is 0 Å². The number of aliphatic hydroxyl groups excluding tert-OH is 9. The van der Waals surface area contributed by atoms with E-state index in [1.54, 1.807) is 0 Å². The first-order chi connectivity index (χ1) is 13.2. The van der Waals surface area contributed by atoms with Gasteiger partial charge < -0.3 is 64.9 Å². The van der Waals surface area contributed by atoms with Crippen LogP contribution in [0, 0.1) is 0 Å². The molecule has 28 heavy (non-hydrogen) atoms. The van der Waals surface area contributed by atoms with Crippen molar-refractivity contribution < 1.29 is 64.9 Å². The maximum Gasteiger partial charge on any atom is 0.187 e. The van der Waals surface area contributed by atoms with Gasteiger partial charge in [0.25, 0.3) is 0 Å². The first-order valence-corrected chi connectivity index (χ1v) is 8.65. The Morgan fingerprint density at radius 1 is 0.714 bits per heavy atom. The van der Waals surface area contributed by atoms with Gasteiger partial charge in [-0.2, -0.15) is 0 Å². The zero-order chi connectivity index (χ0) is 21.2. The van der Waals surface area contributed by atoms with Crippen LogP contribution in [0.4, 0.5) is 0 Å². The number of rotatable bonds is 7. The van der Waals surface area contributed by atoms with Crippen molar-refractivity contribution >= 4 is 0 Å². The Bertz CT molecular complexity index is 481. The summed E-state index contributed by atoms with van der Waals surface area (Å²) in [5.74, 6) is 0. The van der Waals surface area contributed by atoms with Crippen molar-refractivity contribution in [3.8, 4) is 0 Å². The van der Waals surface area contributed by atoms with E-state index in [0.29, 0.717) is 0 Å². The molecule has 2 rings (SSSR count). The number of methoxy groups -OCH3 is 1. The van der Waals surface area contributed by atoms with Crippen LogP contribution in [0.3, 0.4) is 0 Å². The van der Waals surface area contributed by atoms with E-state index < -0.39 is 86.8 Å². The van der Waals surface area contributed by atoms with Gasteiger partial charge in [-0.25, -0.2) is 0 Å². The minimum Gasteiger partial charge on any atom is -0.394 e. The van der Waals surface area contributed by atoms with Crippen molar-refractivity contribution in [3.63, 3.8) is 0 Å². The fraction of sp³-hybridized carbons (Fsp3) is 1.00. The largest absolute Gasteiger partial charge is 0.394 e. The zero-order valence-electron chi connectivity index (χ0n) is 15.0. The molecule has 0 saturated carbocycles. The van der Waals surface area contributed by atoms with Crippen LogP contribution in [0.1, 0.15) is 0 Å². The third-order valence-corrected chi connectivity index (χ3v) is 4.84. The summed E-state index contributed by atoms with van der Waals surface area (Å²) in [6, 6.07) is 0. The monoisotopic (exact) mass is 416 g/mol. The van der Waals surface area contributed by atoms with Gasteiger partial charge in [-0.15, -0.1) is 0 Å². The second-order valence-corrected chi connectivity index (χ2v) is 6.73. The second kappa shape index (κ2) is 9.99. The summed E-state index contributed by atoms with van der Waals surface area (Å²) in [6.07, 6.45) is -19.7. The summed E-state index contributed by atoms with van der Waals surface area (Å²) >= 11 is 0. The molecule has 9 N–H and O–H groups in total. The molecule has 2 saturated heterocycles. The summed E-state index contributed by atoms with van der Waals surface area (Å²) in [6.45, 7) is -1.60. The van der Waals surface area contributed by atoms with Gasteiger partial charge in [0, 0.05) is 7.11 Å². The molecule has 13 heteroatoms. The van der Waals surface area contributed by atoms with E-state index in [1.165, 1.54) is 7.11 Å². The first kappa shape index (κ1) is 23.8. The van der Waals surface area contributed by atoms with Crippen LogP contribution in [-0.2, 0) is 18.9 Å². The first-order valence-electron chi connectivity index (χ1n) is 8.65. The van der Waals surface area contributed by atoms with Crippen LogP contribution in [0.15, 0.2) is 0 Å². The van der Waals surface area contributed by atoms with Crippen molar-refractivity contribution in [1.29, 1.82) is 0 Å². The minimum absolute atomic E-state index is 0.779. The van der Waals surface area contributed by atoms with Crippen LogP contribution in [-0.4, -0.2) is 140 Å². The van der Waals surface area contributed by atoms with Crippen molar-refractivity contribution in [2.75, 3.05) is 20.3 Å². The Morgan fingerprint density at radius 3 is 1.71 bits per heavy atom. The summed E-state index contributed by atoms with van der Waals surface area (Å²) < 4.78 is 20.7. The molecule has 0 spiro atoms. The molecule has 2 aliphatic heterocycles. The summed E-state index contributed by atoms with van der Waals surface area (Å²) in [5.41, 5.74) is 0. The predicted octanol–water partition coefficient (Wildman–Crippen LogP) is -6.02. The molecule has 0 aromatic carbocycles. The van der Waals surface area contributed by atoms with Crippen LogP contribution in [0.2, 0.25) is 0 Å². The third-order valence-electron chi connectivity index (χ3n) is 4.84. The lowest BCUT2D eigenvalue weighted by molar-refractivity contribution is -0.365. The molecule has 2 heterocycles. The van der Waals surface area contributed by atoms with E-state index in [2.05, 4.69) is 0 Å². The topological polar surface area (TPSA) is 219 Å². The number of hydrogen-bond acceptors (Lipinski definition) is 13. The molecule has 0 amide bonds. The molecule has 2 aliphatic rings. The molecular formula is C15H28O13. The van der Waals surface area contributed by atoms with Gasteiger partial charge in [0.1, 0.15) is 61.0 Å². The lowest BCUT2D eigenvalue weighted by Crippen LogP contribution is -2.66. The van der Waals surface area contributed by atoms with Gasteiger partial charge in [0.15, 0.2) is 12.6 Å². The highest BCUT2D eigenvalue weighted by atomic mass is 16.7. The van der Waals surface area contributed by atoms with Gasteiger partial charge >= 0.3 is 0 Å². The predicted molar refractivity (Wildman–Crippen MR) is 85.4 cm³/mol. The molecule has 12 atom stereocenters. The molecule has 0 radical (unpaired) electrons. The standard InChI is InChI=1S/C15H28O13/c1-25-14-10(24)13(9(23)12(26-14)5(19)3-17)28-15-8(22)6(20)7(21)11(27-15)4(18)2-16/h4-24H,2-3H2,1H3/t4-,5-,6-,7-,8-,9+,10-,11+,12+,13-,14-,15+/m0/s1. The zero-order valence-corrected chi connectivity index (χ0v) is 15.0. The van der Waals surface area contributed by atoms with Gasteiger partial charge in [-0.1, -0.05) is 0 Å². The Kier molecular flexibility index (Phi) is 8.48. The van der Waals surface area contributed by atoms with E-state index in [0.717, 1.165) is 0 Å². The molecule has 0 unspecified atom stereocenters. The average Bonchev–Trinajstić information content (AvgIpc) is 2.69. The number of ether oxygens (including phenoxy) is 4. The fourth-order valence-corrected chi connectivity index (χ4v) is 3.20. The maximum atomic E-state index is 10.4. The molecule has 0 aromatic heterocycles. The smallest absolute Gasteiger partial charge is 0.187 e. The van der Waals surface area contributed by atoms with Crippen LogP contribution in [0.25, 0.3) is 0 Å². The van der Waals surface area contributed by atoms with Gasteiger partial charge in [-0.05, 0) is 0 Å². The third kappa shape index (κ3) is 4.62. The van der Waals surface area contributed by atoms with Gasteiger partial charge in [0.2, 0.25) is 0 Å². The van der Waals surface area contributed by atoms with E-state index in [9.17, 15) is 35.7 Å². The average molecular weight is 416 g/mol. The molecule has 2 fully saturated rings. The van der Waals surface area contributed by atoms with Crippen molar-refractivity contribution in [3.05, 3.63) is 0 Å². The normalized spacial score (nSPS) is 46.9. The van der Waals surface area contributed by atoms with E-state index in [1.807, 2.05) is 0 Å². The minimum atomic E-state index is -1.85. The summed E-state index contributed by atoms with van der Waals surface area (Å²) in [7, 11) is 1.17. The Labute approximate surface area is 159 Å². The Hall–Kier alpha value is -0.520. The number of aliphatic hydroxyl groups is 9. The van der Waals surface area contributed by atoms with Crippen molar-refractivity contribution in [1.82, 2.24) is 0 Å². The maximum absolute atomic E-state index is 10.4. The quantitative estimate of drug-likeness (QED) is 0.189. The molecule has 0 bridgehead atoms. The van der Waals surface area contributed by atoms with E-state index in [-0.39, 0.29) is 0 Å². The summed E-state index contributed by atoms with van der Waals surface area (Å²) in [5, 5.41) is 88.4. The fourth-order valence-electron chi connectivity index (χ4n) is 3.20. The highest BCUT2D eigenvalue weighted by molar-refractivity contribution is 4.96. The van der Waals surface area contributed by atoms with Crippen LogP contribution < -0.4 is 0 Å². The molecule has 13 nitrogen and oxygen atoms in total. The summed E-state index contributed by atoms with van der Waals surface area (Å²) in [4.78, 5) is 0. The molecule has 0 aliphatic carbocycles. The highest BCUT2D eigenvalue weighted by Crippen LogP contribution is 2.31. The Morgan fingerprint density at radius 2 is 1.21 bits per heavy atom. The van der Waals surface area contributed by atoms with Gasteiger partial charge in [0.05, 0.1) is 13.2 Å². The Balaban J connectivity index is 2.21. The number of hydrogen-bond donors (Lipinski definition) is 9. The lowest BCUT2D eigenvalue weighted by Gasteiger charge is -2.47. The van der Waals surface area contributed by atoms with Crippen molar-refractivity contribution in [2.45, 2.75) is 73.6 Å². The van der Waals surface area contributed by atoms with Gasteiger partial charge in [-0.3, -0.25) is 0 Å². The lowest BCUT2D eigenvalue weighted by atomic mass is 9.93. The second-order valence-electron chi connectivity index (χ2n) is 6.73. The molecular weight excluding hydrogens is 388 g/mol. The molecule has 0 aromatic rings. The van der Waals surface area contributed by atoms with Crippen LogP contribution in [0.5, 0.6) is 0 Å². The van der Waals surface area contributed by atoms with E-state index >= 15 is 0 Å². The molecule has 166 valence electrons. The van der Waals surface area contributed by atoms with E-state index in [4.69, 9.17) is 29.2 Å². The highest BCUT2D eigenvalue weighted by Gasteiger charge is 2.52. The SMILES string of the molecule is CO[C@H]1O[C@H]([C@@H](O)CO)[C@@H](O)[C@H](O[C@H]2O[C@H]([C@@H](O)CO)[C@@H](O)[C@H](O)[C@@H]2O)[C@@H]1O. The van der Waals surface area contributed by atoms with Crippen LogP contribution >= 0.6 is 0 Å².